The summed E-state index contributed by atoms with van der Waals surface area (Å²) in [5.41, 5.74) is 6.50. The van der Waals surface area contributed by atoms with Crippen LogP contribution in [0.1, 0.15) is 32.7 Å². The van der Waals surface area contributed by atoms with E-state index in [1.165, 1.54) is 0 Å². The molecule has 0 saturated carbocycles. The van der Waals surface area contributed by atoms with Gasteiger partial charge in [0.25, 0.3) is 5.91 Å². The molecule has 1 aliphatic rings. The van der Waals surface area contributed by atoms with E-state index in [9.17, 15) is 9.59 Å². The Morgan fingerprint density at radius 2 is 1.61 bits per heavy atom. The predicted molar refractivity (Wildman–Crippen MR) is 130 cm³/mol. The SMILES string of the molecule is Cc1ccccc1CC(=O)Nc1ccc(C(=O)N2Cc3cccn3Cc3ccccc32)cc1. The molecule has 0 spiro atoms. The Balaban J connectivity index is 1.33. The van der Waals surface area contributed by atoms with E-state index in [0.717, 1.165) is 34.6 Å². The molecule has 5 nitrogen and oxygen atoms in total. The third kappa shape index (κ3) is 4.30. The standard InChI is InChI=1S/C28H25N3O2/c1-20-7-2-3-8-22(20)17-27(32)29-24-14-12-21(13-15-24)28(33)31-19-25-10-6-16-30(25)18-23-9-4-5-11-26(23)31/h2-16H,17-19H2,1H3,(H,29,32). The molecule has 0 radical (unpaired) electrons. The lowest BCUT2D eigenvalue weighted by Gasteiger charge is -2.23. The number of carbonyl (C=O) groups excluding carboxylic acids is 2. The van der Waals surface area contributed by atoms with Crippen LogP contribution in [0, 0.1) is 6.92 Å². The smallest absolute Gasteiger partial charge is 0.258 e. The van der Waals surface area contributed by atoms with E-state index >= 15 is 0 Å². The van der Waals surface area contributed by atoms with Gasteiger partial charge in [-0.15, -0.1) is 0 Å². The zero-order valence-electron chi connectivity index (χ0n) is 18.5. The molecule has 1 N–H and O–H groups in total. The second-order valence-corrected chi connectivity index (χ2v) is 8.38. The van der Waals surface area contributed by atoms with E-state index in [2.05, 4.69) is 28.2 Å². The molecule has 0 fully saturated rings. The van der Waals surface area contributed by atoms with Crippen LogP contribution in [0.25, 0.3) is 0 Å². The van der Waals surface area contributed by atoms with Crippen molar-refractivity contribution in [2.45, 2.75) is 26.4 Å². The van der Waals surface area contributed by atoms with Gasteiger partial charge in [-0.2, -0.15) is 0 Å². The summed E-state index contributed by atoms with van der Waals surface area (Å²) in [4.78, 5) is 27.8. The molecule has 0 bridgehead atoms. The molecule has 0 atom stereocenters. The fourth-order valence-electron chi connectivity index (χ4n) is 4.31. The Morgan fingerprint density at radius 3 is 2.42 bits per heavy atom. The van der Waals surface area contributed by atoms with Crippen LogP contribution in [0.5, 0.6) is 0 Å². The number of nitrogens with one attached hydrogen (secondary N) is 1. The fraction of sp³-hybridized carbons (Fsp3) is 0.143. The van der Waals surface area contributed by atoms with Crippen LogP contribution >= 0.6 is 0 Å². The van der Waals surface area contributed by atoms with Crippen molar-refractivity contribution in [2.24, 2.45) is 0 Å². The van der Waals surface area contributed by atoms with Gasteiger partial charge in [0.15, 0.2) is 0 Å². The average Bonchev–Trinajstić information content (AvgIpc) is 3.19. The van der Waals surface area contributed by atoms with E-state index in [0.29, 0.717) is 24.2 Å². The molecule has 0 aliphatic carbocycles. The van der Waals surface area contributed by atoms with E-state index < -0.39 is 0 Å². The molecule has 1 aliphatic heterocycles. The van der Waals surface area contributed by atoms with Crippen LogP contribution in [0.4, 0.5) is 11.4 Å². The number of aryl methyl sites for hydroxylation is 1. The zero-order chi connectivity index (χ0) is 22.8. The zero-order valence-corrected chi connectivity index (χ0v) is 18.5. The lowest BCUT2D eigenvalue weighted by Crippen LogP contribution is -2.30. The summed E-state index contributed by atoms with van der Waals surface area (Å²) in [6.07, 6.45) is 2.37. The predicted octanol–water partition coefficient (Wildman–Crippen LogP) is 5.19. The number of hydrogen-bond donors (Lipinski definition) is 1. The summed E-state index contributed by atoms with van der Waals surface area (Å²) in [6.45, 7) is 3.26. The Labute approximate surface area is 193 Å². The highest BCUT2D eigenvalue weighted by Gasteiger charge is 2.24. The first kappa shape index (κ1) is 20.8. The van der Waals surface area contributed by atoms with Crippen LogP contribution in [0.2, 0.25) is 0 Å². The Morgan fingerprint density at radius 1 is 0.848 bits per heavy atom. The Hall–Kier alpha value is -4.12. The van der Waals surface area contributed by atoms with Crippen molar-refractivity contribution >= 4 is 23.2 Å². The summed E-state index contributed by atoms with van der Waals surface area (Å²) < 4.78 is 2.18. The number of rotatable bonds is 4. The van der Waals surface area contributed by atoms with E-state index in [1.54, 1.807) is 24.3 Å². The minimum absolute atomic E-state index is 0.0603. The van der Waals surface area contributed by atoms with Crippen LogP contribution in [-0.4, -0.2) is 16.4 Å². The van der Waals surface area contributed by atoms with Gasteiger partial charge < -0.3 is 14.8 Å². The van der Waals surface area contributed by atoms with Gasteiger partial charge in [0, 0.05) is 35.4 Å². The number of nitrogens with zero attached hydrogens (tertiary/aromatic N) is 2. The Bertz CT molecular complexity index is 1320. The molecule has 5 heteroatoms. The minimum atomic E-state index is -0.0782. The summed E-state index contributed by atoms with van der Waals surface area (Å²) in [5.74, 6) is -0.138. The molecule has 33 heavy (non-hydrogen) atoms. The van der Waals surface area contributed by atoms with Crippen molar-refractivity contribution in [1.82, 2.24) is 4.57 Å². The summed E-state index contributed by atoms with van der Waals surface area (Å²) >= 11 is 0. The summed E-state index contributed by atoms with van der Waals surface area (Å²) in [5, 5.41) is 2.93. The van der Waals surface area contributed by atoms with Gasteiger partial charge in [0.2, 0.25) is 5.91 Å². The van der Waals surface area contributed by atoms with E-state index in [1.807, 2.05) is 60.4 Å². The maximum atomic E-state index is 13.5. The molecule has 2 amide bonds. The van der Waals surface area contributed by atoms with Crippen molar-refractivity contribution in [3.63, 3.8) is 0 Å². The number of hydrogen-bond acceptors (Lipinski definition) is 2. The highest BCUT2D eigenvalue weighted by atomic mass is 16.2. The lowest BCUT2D eigenvalue weighted by atomic mass is 10.1. The molecule has 164 valence electrons. The van der Waals surface area contributed by atoms with Gasteiger partial charge in [-0.3, -0.25) is 9.59 Å². The molecule has 0 saturated heterocycles. The molecule has 1 aromatic heterocycles. The fourth-order valence-corrected chi connectivity index (χ4v) is 4.31. The number of anilines is 2. The van der Waals surface area contributed by atoms with Crippen molar-refractivity contribution in [1.29, 1.82) is 0 Å². The molecular weight excluding hydrogens is 410 g/mol. The topological polar surface area (TPSA) is 54.3 Å². The summed E-state index contributed by atoms with van der Waals surface area (Å²) in [7, 11) is 0. The Kier molecular flexibility index (Phi) is 5.53. The first-order chi connectivity index (χ1) is 16.1. The highest BCUT2D eigenvalue weighted by Crippen LogP contribution is 2.29. The quantitative estimate of drug-likeness (QED) is 0.480. The molecule has 2 heterocycles. The van der Waals surface area contributed by atoms with Gasteiger partial charge in [-0.1, -0.05) is 42.5 Å². The van der Waals surface area contributed by atoms with Crippen molar-refractivity contribution in [3.8, 4) is 0 Å². The number of carbonyl (C=O) groups is 2. The normalized spacial score (nSPS) is 12.5. The first-order valence-electron chi connectivity index (χ1n) is 11.1. The first-order valence-corrected chi connectivity index (χ1v) is 11.1. The van der Waals surface area contributed by atoms with Gasteiger partial charge in [-0.05, 0) is 66.1 Å². The van der Waals surface area contributed by atoms with Crippen LogP contribution in [-0.2, 0) is 24.3 Å². The van der Waals surface area contributed by atoms with Gasteiger partial charge in [0.05, 0.1) is 13.0 Å². The van der Waals surface area contributed by atoms with E-state index in [-0.39, 0.29) is 11.8 Å². The summed E-state index contributed by atoms with van der Waals surface area (Å²) in [6, 6.07) is 27.1. The number of fused-ring (bicyclic) bond motifs is 2. The number of para-hydroxylation sites is 1. The van der Waals surface area contributed by atoms with Gasteiger partial charge >= 0.3 is 0 Å². The van der Waals surface area contributed by atoms with Crippen molar-refractivity contribution in [3.05, 3.63) is 119 Å². The van der Waals surface area contributed by atoms with Gasteiger partial charge in [0.1, 0.15) is 0 Å². The maximum Gasteiger partial charge on any atom is 0.258 e. The van der Waals surface area contributed by atoms with Crippen LogP contribution in [0.3, 0.4) is 0 Å². The van der Waals surface area contributed by atoms with Gasteiger partial charge in [-0.25, -0.2) is 0 Å². The molecule has 0 unspecified atom stereocenters. The lowest BCUT2D eigenvalue weighted by molar-refractivity contribution is -0.115. The molecule has 4 aromatic rings. The second-order valence-electron chi connectivity index (χ2n) is 8.38. The third-order valence-electron chi connectivity index (χ3n) is 6.14. The van der Waals surface area contributed by atoms with Crippen molar-refractivity contribution < 1.29 is 9.59 Å². The van der Waals surface area contributed by atoms with Crippen LogP contribution in [0.15, 0.2) is 91.1 Å². The largest absolute Gasteiger partial charge is 0.345 e. The maximum absolute atomic E-state index is 13.5. The minimum Gasteiger partial charge on any atom is -0.345 e. The van der Waals surface area contributed by atoms with E-state index in [4.69, 9.17) is 0 Å². The second kappa shape index (κ2) is 8.79. The average molecular weight is 436 g/mol. The highest BCUT2D eigenvalue weighted by molar-refractivity contribution is 6.07. The van der Waals surface area contributed by atoms with Crippen LogP contribution < -0.4 is 10.2 Å². The molecular formula is C28H25N3O2. The number of amides is 2. The number of aromatic nitrogens is 1. The molecule has 3 aromatic carbocycles. The molecule has 5 rings (SSSR count). The third-order valence-corrected chi connectivity index (χ3v) is 6.14. The van der Waals surface area contributed by atoms with Crippen molar-refractivity contribution in [2.75, 3.05) is 10.2 Å². The monoisotopic (exact) mass is 435 g/mol. The number of benzene rings is 3.